The Balaban J connectivity index is 0.00000180. The van der Waals surface area contributed by atoms with Crippen LogP contribution in [0.15, 0.2) is 0 Å². The Labute approximate surface area is 123 Å². The Morgan fingerprint density at radius 2 is 1.89 bits per heavy atom. The standard InChI is InChI=1S/C15H28N2O.ClH/c1-15(2,3)10-17(4)14(18)13-9-11-7-5-6-8-12(11)16-13;/h11-13,16H,5-10H2,1-4H3;1H. The molecule has 2 rings (SSSR count). The van der Waals surface area contributed by atoms with E-state index in [0.717, 1.165) is 18.9 Å². The van der Waals surface area contributed by atoms with E-state index in [2.05, 4.69) is 26.1 Å². The summed E-state index contributed by atoms with van der Waals surface area (Å²) in [5, 5.41) is 3.57. The number of hydrogen-bond donors (Lipinski definition) is 1. The van der Waals surface area contributed by atoms with E-state index >= 15 is 0 Å². The van der Waals surface area contributed by atoms with Crippen LogP contribution in [-0.4, -0.2) is 36.5 Å². The maximum atomic E-state index is 12.4. The van der Waals surface area contributed by atoms with Crippen molar-refractivity contribution >= 4 is 18.3 Å². The Morgan fingerprint density at radius 3 is 2.47 bits per heavy atom. The highest BCUT2D eigenvalue weighted by Gasteiger charge is 2.39. The van der Waals surface area contributed by atoms with Gasteiger partial charge in [-0.15, -0.1) is 12.4 Å². The van der Waals surface area contributed by atoms with Crippen molar-refractivity contribution in [2.75, 3.05) is 13.6 Å². The average molecular weight is 289 g/mol. The molecule has 1 amide bonds. The van der Waals surface area contributed by atoms with Crippen LogP contribution in [0.5, 0.6) is 0 Å². The van der Waals surface area contributed by atoms with Crippen molar-refractivity contribution in [1.29, 1.82) is 0 Å². The van der Waals surface area contributed by atoms with Gasteiger partial charge < -0.3 is 10.2 Å². The van der Waals surface area contributed by atoms with E-state index < -0.39 is 0 Å². The molecule has 112 valence electrons. The van der Waals surface area contributed by atoms with Crippen LogP contribution in [0.4, 0.5) is 0 Å². The summed E-state index contributed by atoms with van der Waals surface area (Å²) in [5.41, 5.74) is 0.176. The minimum atomic E-state index is 0. The van der Waals surface area contributed by atoms with E-state index in [1.54, 1.807) is 0 Å². The van der Waals surface area contributed by atoms with E-state index in [9.17, 15) is 4.79 Å². The number of hydrogen-bond acceptors (Lipinski definition) is 2. The summed E-state index contributed by atoms with van der Waals surface area (Å²) < 4.78 is 0. The van der Waals surface area contributed by atoms with Gasteiger partial charge in [0.05, 0.1) is 6.04 Å². The molecule has 0 spiro atoms. The molecule has 0 radical (unpaired) electrons. The highest BCUT2D eigenvalue weighted by atomic mass is 35.5. The second-order valence-corrected chi connectivity index (χ2v) is 7.36. The molecule has 2 aliphatic rings. The van der Waals surface area contributed by atoms with E-state index in [0.29, 0.717) is 11.9 Å². The lowest BCUT2D eigenvalue weighted by molar-refractivity contribution is -0.133. The molecule has 3 nitrogen and oxygen atoms in total. The molecule has 1 saturated carbocycles. The number of nitrogens with one attached hydrogen (secondary N) is 1. The predicted octanol–water partition coefficient (Wildman–Crippen LogP) is 2.83. The quantitative estimate of drug-likeness (QED) is 0.847. The lowest BCUT2D eigenvalue weighted by atomic mass is 9.85. The maximum Gasteiger partial charge on any atom is 0.239 e. The topological polar surface area (TPSA) is 32.3 Å². The van der Waals surface area contributed by atoms with Gasteiger partial charge in [0, 0.05) is 19.6 Å². The largest absolute Gasteiger partial charge is 0.344 e. The molecule has 1 N–H and O–H groups in total. The molecule has 2 fully saturated rings. The number of rotatable bonds is 2. The molecule has 1 aliphatic carbocycles. The van der Waals surface area contributed by atoms with Crippen molar-refractivity contribution in [1.82, 2.24) is 10.2 Å². The smallest absolute Gasteiger partial charge is 0.239 e. The highest BCUT2D eigenvalue weighted by molar-refractivity contribution is 5.85. The molecular formula is C15H29ClN2O. The van der Waals surface area contributed by atoms with Gasteiger partial charge in [-0.05, 0) is 30.6 Å². The minimum Gasteiger partial charge on any atom is -0.344 e. The summed E-state index contributed by atoms with van der Waals surface area (Å²) in [6.07, 6.45) is 6.30. The van der Waals surface area contributed by atoms with Crippen molar-refractivity contribution < 1.29 is 4.79 Å². The molecule has 3 atom stereocenters. The number of fused-ring (bicyclic) bond motifs is 1. The zero-order chi connectivity index (χ0) is 13.3. The van der Waals surface area contributed by atoms with E-state index in [4.69, 9.17) is 0 Å². The molecule has 1 saturated heterocycles. The van der Waals surface area contributed by atoms with Gasteiger partial charge >= 0.3 is 0 Å². The van der Waals surface area contributed by atoms with Crippen molar-refractivity contribution in [3.63, 3.8) is 0 Å². The molecule has 3 unspecified atom stereocenters. The summed E-state index contributed by atoms with van der Waals surface area (Å²) in [6.45, 7) is 7.37. The number of carbonyl (C=O) groups is 1. The van der Waals surface area contributed by atoms with Crippen molar-refractivity contribution in [2.24, 2.45) is 11.3 Å². The molecular weight excluding hydrogens is 260 g/mol. The van der Waals surface area contributed by atoms with Crippen LogP contribution in [-0.2, 0) is 4.79 Å². The van der Waals surface area contributed by atoms with Gasteiger partial charge in [0.1, 0.15) is 0 Å². The molecule has 1 aliphatic heterocycles. The number of likely N-dealkylation sites (N-methyl/N-ethyl adjacent to an activating group) is 1. The second-order valence-electron chi connectivity index (χ2n) is 7.36. The third-order valence-corrected chi connectivity index (χ3v) is 4.25. The first kappa shape index (κ1) is 16.8. The van der Waals surface area contributed by atoms with Crippen LogP contribution in [0.25, 0.3) is 0 Å². The average Bonchev–Trinajstić information content (AvgIpc) is 2.68. The maximum absolute atomic E-state index is 12.4. The molecule has 0 bridgehead atoms. The first-order valence-electron chi connectivity index (χ1n) is 7.38. The summed E-state index contributed by atoms with van der Waals surface area (Å²) >= 11 is 0. The molecule has 0 aromatic carbocycles. The zero-order valence-corrected chi connectivity index (χ0v) is 13.6. The molecule has 1 heterocycles. The summed E-state index contributed by atoms with van der Waals surface area (Å²) in [7, 11) is 1.94. The van der Waals surface area contributed by atoms with E-state index in [-0.39, 0.29) is 23.9 Å². The fourth-order valence-electron chi connectivity index (χ4n) is 3.57. The Hall–Kier alpha value is -0.280. The predicted molar refractivity (Wildman–Crippen MR) is 81.6 cm³/mol. The molecule has 0 aromatic heterocycles. The minimum absolute atomic E-state index is 0. The van der Waals surface area contributed by atoms with Crippen LogP contribution in [0.2, 0.25) is 0 Å². The lowest BCUT2D eigenvalue weighted by Crippen LogP contribution is -2.46. The first-order valence-corrected chi connectivity index (χ1v) is 7.38. The van der Waals surface area contributed by atoms with Crippen LogP contribution in [0.1, 0.15) is 52.9 Å². The Kier molecular flexibility index (Phi) is 5.69. The van der Waals surface area contributed by atoms with E-state index in [1.165, 1.54) is 25.7 Å². The summed E-state index contributed by atoms with van der Waals surface area (Å²) in [4.78, 5) is 14.3. The zero-order valence-electron chi connectivity index (χ0n) is 12.7. The van der Waals surface area contributed by atoms with Crippen molar-refractivity contribution in [3.8, 4) is 0 Å². The number of halogens is 1. The van der Waals surface area contributed by atoms with Crippen LogP contribution in [0, 0.1) is 11.3 Å². The Morgan fingerprint density at radius 1 is 1.26 bits per heavy atom. The van der Waals surface area contributed by atoms with Crippen molar-refractivity contribution in [3.05, 3.63) is 0 Å². The van der Waals surface area contributed by atoms with Crippen molar-refractivity contribution in [2.45, 2.75) is 65.0 Å². The van der Waals surface area contributed by atoms with Gasteiger partial charge in [-0.25, -0.2) is 0 Å². The number of nitrogens with zero attached hydrogens (tertiary/aromatic N) is 1. The van der Waals surface area contributed by atoms with E-state index in [1.807, 2.05) is 11.9 Å². The first-order chi connectivity index (χ1) is 8.37. The molecule has 0 aromatic rings. The van der Waals surface area contributed by atoms with Gasteiger partial charge in [0.25, 0.3) is 0 Å². The second kappa shape index (κ2) is 6.45. The summed E-state index contributed by atoms with van der Waals surface area (Å²) in [5.74, 6) is 1.04. The van der Waals surface area contributed by atoms with Gasteiger partial charge in [-0.2, -0.15) is 0 Å². The number of amides is 1. The van der Waals surface area contributed by atoms with Gasteiger partial charge in [0.2, 0.25) is 5.91 Å². The van der Waals surface area contributed by atoms with Crippen LogP contribution < -0.4 is 5.32 Å². The van der Waals surface area contributed by atoms with Crippen LogP contribution in [0.3, 0.4) is 0 Å². The normalized spacial score (nSPS) is 30.4. The SMILES string of the molecule is CN(CC(C)(C)C)C(=O)C1CC2CCCCC2N1.Cl. The van der Waals surface area contributed by atoms with Gasteiger partial charge in [-0.3, -0.25) is 4.79 Å². The molecule has 4 heteroatoms. The van der Waals surface area contributed by atoms with Gasteiger partial charge in [0.15, 0.2) is 0 Å². The third-order valence-electron chi connectivity index (χ3n) is 4.25. The monoisotopic (exact) mass is 288 g/mol. The fraction of sp³-hybridized carbons (Fsp3) is 0.933. The molecule has 19 heavy (non-hydrogen) atoms. The van der Waals surface area contributed by atoms with Gasteiger partial charge in [-0.1, -0.05) is 33.6 Å². The third kappa shape index (κ3) is 4.35. The number of carbonyl (C=O) groups excluding carboxylic acids is 1. The summed E-state index contributed by atoms with van der Waals surface area (Å²) in [6, 6.07) is 0.682. The fourth-order valence-corrected chi connectivity index (χ4v) is 3.57. The lowest BCUT2D eigenvalue weighted by Gasteiger charge is -2.28. The highest BCUT2D eigenvalue weighted by Crippen LogP contribution is 2.33. The van der Waals surface area contributed by atoms with Crippen LogP contribution >= 0.6 is 12.4 Å². The Bertz CT molecular complexity index is 300.